The molecule has 3 rings (SSSR count). The Balaban J connectivity index is 1.59. The number of carbonyl (C=O) groups is 2. The van der Waals surface area contributed by atoms with Crippen molar-refractivity contribution in [2.75, 3.05) is 7.05 Å². The van der Waals surface area contributed by atoms with Gasteiger partial charge in [-0.25, -0.2) is 0 Å². The van der Waals surface area contributed by atoms with Crippen molar-refractivity contribution in [3.63, 3.8) is 0 Å². The van der Waals surface area contributed by atoms with Crippen molar-refractivity contribution >= 4 is 11.7 Å². The highest BCUT2D eigenvalue weighted by Crippen LogP contribution is 2.14. The second-order valence-corrected chi connectivity index (χ2v) is 8.26. The number of benzene rings is 2. The van der Waals surface area contributed by atoms with Gasteiger partial charge in [0.15, 0.2) is 0 Å². The Morgan fingerprint density at radius 2 is 1.56 bits per heavy atom. The minimum absolute atomic E-state index is 0.0389. The Hall–Kier alpha value is -3.71. The van der Waals surface area contributed by atoms with Gasteiger partial charge in [0.05, 0.1) is 0 Å². The second kappa shape index (κ2) is 11.1. The minimum atomic E-state index is -0.0389. The smallest absolute Gasteiger partial charge is 0.253 e. The van der Waals surface area contributed by atoms with Gasteiger partial charge in [0.1, 0.15) is 5.78 Å². The van der Waals surface area contributed by atoms with Crippen LogP contribution in [0.25, 0.3) is 0 Å². The van der Waals surface area contributed by atoms with Crippen molar-refractivity contribution in [1.29, 1.82) is 0 Å². The molecule has 0 aliphatic rings. The molecule has 162 valence electrons. The van der Waals surface area contributed by atoms with Crippen LogP contribution in [0.15, 0.2) is 73.1 Å². The number of aromatic nitrogens is 1. The van der Waals surface area contributed by atoms with Crippen LogP contribution < -0.4 is 0 Å². The van der Waals surface area contributed by atoms with E-state index in [0.717, 1.165) is 23.1 Å². The van der Waals surface area contributed by atoms with Crippen LogP contribution in [0.3, 0.4) is 0 Å². The summed E-state index contributed by atoms with van der Waals surface area (Å²) in [6.45, 7) is 4.25. The van der Waals surface area contributed by atoms with Crippen LogP contribution in [0.4, 0.5) is 0 Å². The predicted octanol–water partition coefficient (Wildman–Crippen LogP) is 4.91. The van der Waals surface area contributed by atoms with Gasteiger partial charge in [0.25, 0.3) is 5.91 Å². The lowest BCUT2D eigenvalue weighted by molar-refractivity contribution is -0.117. The van der Waals surface area contributed by atoms with E-state index in [1.54, 1.807) is 31.3 Å². The van der Waals surface area contributed by atoms with E-state index in [0.29, 0.717) is 24.4 Å². The molecule has 2 aromatic carbocycles. The van der Waals surface area contributed by atoms with Crippen molar-refractivity contribution < 1.29 is 9.59 Å². The molecule has 4 nitrogen and oxygen atoms in total. The highest BCUT2D eigenvalue weighted by atomic mass is 16.2. The Morgan fingerprint density at radius 3 is 2.12 bits per heavy atom. The summed E-state index contributed by atoms with van der Waals surface area (Å²) in [5.41, 5.74) is 4.62. The van der Waals surface area contributed by atoms with Crippen LogP contribution in [-0.2, 0) is 17.8 Å². The first-order valence-corrected chi connectivity index (χ1v) is 10.8. The minimum Gasteiger partial charge on any atom is -0.337 e. The molecule has 32 heavy (non-hydrogen) atoms. The normalized spacial score (nSPS) is 11.2. The summed E-state index contributed by atoms with van der Waals surface area (Å²) in [5, 5.41) is 0. The molecule has 0 aliphatic heterocycles. The van der Waals surface area contributed by atoms with E-state index in [-0.39, 0.29) is 11.7 Å². The molecule has 1 atom stereocenters. The Labute approximate surface area is 190 Å². The quantitative estimate of drug-likeness (QED) is 0.506. The summed E-state index contributed by atoms with van der Waals surface area (Å²) < 4.78 is 0. The fraction of sp³-hybridized carbons (Fsp3) is 0.250. The van der Waals surface area contributed by atoms with Gasteiger partial charge >= 0.3 is 0 Å². The van der Waals surface area contributed by atoms with Crippen molar-refractivity contribution in [1.82, 2.24) is 9.88 Å². The monoisotopic (exact) mass is 424 g/mol. The Kier molecular flexibility index (Phi) is 7.94. The molecule has 0 bridgehead atoms. The zero-order chi connectivity index (χ0) is 22.9. The van der Waals surface area contributed by atoms with Gasteiger partial charge in [-0.2, -0.15) is 0 Å². The fourth-order valence-corrected chi connectivity index (χ4v) is 3.59. The van der Waals surface area contributed by atoms with E-state index in [1.807, 2.05) is 48.5 Å². The topological polar surface area (TPSA) is 50.3 Å². The molecule has 0 N–H and O–H groups in total. The summed E-state index contributed by atoms with van der Waals surface area (Å²) in [4.78, 5) is 29.7. The van der Waals surface area contributed by atoms with Gasteiger partial charge in [0, 0.05) is 49.1 Å². The number of nitrogens with zero attached hydrogens (tertiary/aromatic N) is 2. The molecule has 0 fully saturated rings. The lowest BCUT2D eigenvalue weighted by Gasteiger charge is -2.17. The summed E-state index contributed by atoms with van der Waals surface area (Å²) in [5.74, 6) is 6.86. The molecule has 1 heterocycles. The SMILES string of the molecule is CC(=O)CC(C)Cc1ccc(C#Cc2ccc(C(=O)N(C)Cc3cccnc3)cc2)cc1. The average molecular weight is 425 g/mol. The van der Waals surface area contributed by atoms with Crippen LogP contribution in [0.2, 0.25) is 0 Å². The highest BCUT2D eigenvalue weighted by molar-refractivity contribution is 5.94. The molecule has 1 amide bonds. The highest BCUT2D eigenvalue weighted by Gasteiger charge is 2.12. The molecule has 1 aromatic heterocycles. The van der Waals surface area contributed by atoms with Crippen molar-refractivity contribution in [2.45, 2.75) is 33.2 Å². The third-order valence-corrected chi connectivity index (χ3v) is 5.15. The van der Waals surface area contributed by atoms with E-state index in [1.165, 1.54) is 5.56 Å². The standard InChI is InChI=1S/C28H28N2O2/c1-21(17-22(2)31)18-25-10-8-23(9-11-25)6-7-24-12-14-27(15-13-24)28(32)30(3)20-26-5-4-16-29-19-26/h4-5,8-16,19,21H,17-18,20H2,1-3H3. The van der Waals surface area contributed by atoms with Gasteiger partial charge in [-0.15, -0.1) is 0 Å². The third-order valence-electron chi connectivity index (χ3n) is 5.15. The lowest BCUT2D eigenvalue weighted by atomic mass is 9.96. The zero-order valence-electron chi connectivity index (χ0n) is 18.8. The first-order chi connectivity index (χ1) is 15.4. The van der Waals surface area contributed by atoms with Crippen LogP contribution in [-0.4, -0.2) is 28.6 Å². The number of rotatable bonds is 7. The molecular formula is C28H28N2O2. The summed E-state index contributed by atoms with van der Waals surface area (Å²) >= 11 is 0. The van der Waals surface area contributed by atoms with E-state index in [4.69, 9.17) is 0 Å². The van der Waals surface area contributed by atoms with E-state index < -0.39 is 0 Å². The van der Waals surface area contributed by atoms with Gasteiger partial charge in [-0.1, -0.05) is 37.0 Å². The number of ketones is 1. The van der Waals surface area contributed by atoms with Crippen LogP contribution in [0.5, 0.6) is 0 Å². The number of pyridine rings is 1. The van der Waals surface area contributed by atoms with Gasteiger partial charge in [-0.3, -0.25) is 9.78 Å². The predicted molar refractivity (Wildman–Crippen MR) is 127 cm³/mol. The largest absolute Gasteiger partial charge is 0.337 e. The van der Waals surface area contributed by atoms with Crippen LogP contribution in [0, 0.1) is 17.8 Å². The van der Waals surface area contributed by atoms with Crippen molar-refractivity contribution in [3.8, 4) is 11.8 Å². The number of hydrogen-bond donors (Lipinski definition) is 0. The second-order valence-electron chi connectivity index (χ2n) is 8.26. The average Bonchev–Trinajstić information content (AvgIpc) is 2.78. The molecular weight excluding hydrogens is 396 g/mol. The van der Waals surface area contributed by atoms with Gasteiger partial charge < -0.3 is 9.69 Å². The molecule has 4 heteroatoms. The molecule has 0 aliphatic carbocycles. The van der Waals surface area contributed by atoms with E-state index in [9.17, 15) is 9.59 Å². The van der Waals surface area contributed by atoms with Crippen molar-refractivity contribution in [2.24, 2.45) is 5.92 Å². The van der Waals surface area contributed by atoms with Crippen LogP contribution >= 0.6 is 0 Å². The number of carbonyl (C=O) groups excluding carboxylic acids is 2. The van der Waals surface area contributed by atoms with E-state index >= 15 is 0 Å². The molecule has 0 saturated heterocycles. The van der Waals surface area contributed by atoms with Gasteiger partial charge in [-0.05, 0) is 72.9 Å². The van der Waals surface area contributed by atoms with Crippen LogP contribution in [0.1, 0.15) is 52.9 Å². The zero-order valence-corrected chi connectivity index (χ0v) is 18.8. The van der Waals surface area contributed by atoms with Gasteiger partial charge in [0.2, 0.25) is 0 Å². The molecule has 1 unspecified atom stereocenters. The lowest BCUT2D eigenvalue weighted by Crippen LogP contribution is -2.26. The number of hydrogen-bond acceptors (Lipinski definition) is 3. The molecule has 3 aromatic rings. The van der Waals surface area contributed by atoms with E-state index in [2.05, 4.69) is 35.9 Å². The molecule has 0 spiro atoms. The first kappa shape index (κ1) is 23.0. The molecule has 0 radical (unpaired) electrons. The summed E-state index contributed by atoms with van der Waals surface area (Å²) in [6.07, 6.45) is 4.98. The maximum atomic E-state index is 12.7. The summed E-state index contributed by atoms with van der Waals surface area (Å²) in [6, 6.07) is 19.3. The third kappa shape index (κ3) is 6.92. The Bertz CT molecular complexity index is 1110. The first-order valence-electron chi connectivity index (χ1n) is 10.8. The fourth-order valence-electron chi connectivity index (χ4n) is 3.59. The number of Topliss-reactive ketones (excluding diaryl/α,β-unsaturated/α-hetero) is 1. The van der Waals surface area contributed by atoms with Crippen molar-refractivity contribution in [3.05, 3.63) is 101 Å². The Morgan fingerprint density at radius 1 is 0.938 bits per heavy atom. The maximum Gasteiger partial charge on any atom is 0.253 e. The summed E-state index contributed by atoms with van der Waals surface area (Å²) in [7, 11) is 1.79. The maximum absolute atomic E-state index is 12.7. The number of amides is 1. The molecule has 0 saturated carbocycles.